The molecule has 0 spiro atoms. The van der Waals surface area contributed by atoms with Crippen molar-refractivity contribution in [2.45, 2.75) is 6.92 Å². The highest BCUT2D eigenvalue weighted by Crippen LogP contribution is 2.31. The lowest BCUT2D eigenvalue weighted by molar-refractivity contribution is -0.402. The Labute approximate surface area is 194 Å². The molecule has 0 saturated carbocycles. The third-order valence-corrected chi connectivity index (χ3v) is 5.86. The van der Waals surface area contributed by atoms with Crippen LogP contribution in [0.5, 0.6) is 0 Å². The number of hydrogen-bond acceptors (Lipinski definition) is 9. The number of aromatic nitrogens is 1. The molecule has 11 heteroatoms. The van der Waals surface area contributed by atoms with Crippen LogP contribution in [0.4, 0.5) is 11.0 Å². The molecule has 0 aliphatic carbocycles. The normalized spacial score (nSPS) is 11.4. The van der Waals surface area contributed by atoms with Crippen molar-refractivity contribution in [2.75, 3.05) is 5.01 Å². The van der Waals surface area contributed by atoms with E-state index in [4.69, 9.17) is 8.83 Å². The summed E-state index contributed by atoms with van der Waals surface area (Å²) in [5.41, 5.74) is 0.948. The van der Waals surface area contributed by atoms with E-state index < -0.39 is 22.3 Å². The first-order valence-corrected chi connectivity index (χ1v) is 10.7. The van der Waals surface area contributed by atoms with E-state index in [1.54, 1.807) is 24.3 Å². The minimum atomic E-state index is -0.825. The molecule has 168 valence electrons. The van der Waals surface area contributed by atoms with Gasteiger partial charge in [0.2, 0.25) is 5.13 Å². The van der Waals surface area contributed by atoms with Gasteiger partial charge in [-0.3, -0.25) is 14.9 Å². The van der Waals surface area contributed by atoms with E-state index in [0.717, 1.165) is 21.5 Å². The number of thiazole rings is 1. The zero-order valence-electron chi connectivity index (χ0n) is 17.5. The van der Waals surface area contributed by atoms with Crippen LogP contribution in [-0.2, 0) is 0 Å². The van der Waals surface area contributed by atoms with Crippen LogP contribution in [-0.4, -0.2) is 22.0 Å². The van der Waals surface area contributed by atoms with E-state index in [0.29, 0.717) is 16.5 Å². The molecule has 0 aliphatic heterocycles. The lowest BCUT2D eigenvalue weighted by atomic mass is 10.2. The van der Waals surface area contributed by atoms with Gasteiger partial charge in [0.25, 0.3) is 5.91 Å². The van der Waals surface area contributed by atoms with Gasteiger partial charge >= 0.3 is 11.5 Å². The van der Waals surface area contributed by atoms with Crippen molar-refractivity contribution < 1.29 is 18.6 Å². The summed E-state index contributed by atoms with van der Waals surface area (Å²) in [5.74, 6) is -1.19. The van der Waals surface area contributed by atoms with Gasteiger partial charge in [0.15, 0.2) is 5.76 Å². The SMILES string of the molecule is Cc1ccc2nc(N(/N=C/c3ccc([N+](=O)[O-])o3)C(=O)c3cc4ccccc4oc3=O)sc2c1. The lowest BCUT2D eigenvalue weighted by Crippen LogP contribution is -2.30. The van der Waals surface area contributed by atoms with Crippen molar-refractivity contribution in [3.63, 3.8) is 0 Å². The summed E-state index contributed by atoms with van der Waals surface area (Å²) in [6, 6.07) is 16.4. The van der Waals surface area contributed by atoms with Gasteiger partial charge in [-0.2, -0.15) is 10.1 Å². The molecule has 3 heterocycles. The Morgan fingerprint density at radius 2 is 1.97 bits per heavy atom. The second-order valence-corrected chi connectivity index (χ2v) is 8.26. The summed E-state index contributed by atoms with van der Waals surface area (Å²) in [5, 5.41) is 16.8. The summed E-state index contributed by atoms with van der Waals surface area (Å²) in [7, 11) is 0. The average Bonchev–Trinajstić information content (AvgIpc) is 3.45. The quantitative estimate of drug-likeness (QED) is 0.153. The van der Waals surface area contributed by atoms with Crippen molar-refractivity contribution in [2.24, 2.45) is 5.10 Å². The first-order valence-electron chi connectivity index (χ1n) is 9.92. The van der Waals surface area contributed by atoms with Gasteiger partial charge in [-0.15, -0.1) is 0 Å². The molecule has 0 radical (unpaired) electrons. The summed E-state index contributed by atoms with van der Waals surface area (Å²) in [6.45, 7) is 1.93. The summed E-state index contributed by atoms with van der Waals surface area (Å²) in [6.07, 6.45) is 1.14. The zero-order valence-corrected chi connectivity index (χ0v) is 18.3. The maximum absolute atomic E-state index is 13.5. The number of hydrogen-bond donors (Lipinski definition) is 0. The first-order chi connectivity index (χ1) is 16.4. The number of carbonyl (C=O) groups is 1. The van der Waals surface area contributed by atoms with Crippen molar-refractivity contribution in [3.05, 3.63) is 98.1 Å². The van der Waals surface area contributed by atoms with E-state index in [2.05, 4.69) is 10.1 Å². The third-order valence-electron chi connectivity index (χ3n) is 4.87. The smallest absolute Gasteiger partial charge is 0.422 e. The van der Waals surface area contributed by atoms with Crippen LogP contribution in [0, 0.1) is 17.0 Å². The second-order valence-electron chi connectivity index (χ2n) is 7.25. The maximum Gasteiger partial charge on any atom is 0.433 e. The first kappa shape index (κ1) is 21.2. The number of aryl methyl sites for hydroxylation is 1. The maximum atomic E-state index is 13.5. The van der Waals surface area contributed by atoms with Crippen LogP contribution >= 0.6 is 11.3 Å². The number of hydrazone groups is 1. The predicted octanol–water partition coefficient (Wildman–Crippen LogP) is 4.89. The minimum Gasteiger partial charge on any atom is -0.422 e. The van der Waals surface area contributed by atoms with E-state index in [1.807, 2.05) is 25.1 Å². The molecule has 0 atom stereocenters. The van der Waals surface area contributed by atoms with Gasteiger partial charge in [0, 0.05) is 5.39 Å². The fourth-order valence-corrected chi connectivity index (χ4v) is 4.27. The van der Waals surface area contributed by atoms with Crippen LogP contribution in [0.15, 0.2) is 79.4 Å². The van der Waals surface area contributed by atoms with Gasteiger partial charge in [0.05, 0.1) is 22.5 Å². The zero-order chi connectivity index (χ0) is 23.8. The molecule has 0 fully saturated rings. The number of amides is 1. The Morgan fingerprint density at radius 1 is 1.15 bits per heavy atom. The van der Waals surface area contributed by atoms with Gasteiger partial charge in [-0.05, 0) is 42.8 Å². The van der Waals surface area contributed by atoms with Gasteiger partial charge in [-0.25, -0.2) is 9.78 Å². The molecule has 0 N–H and O–H groups in total. The lowest BCUT2D eigenvalue weighted by Gasteiger charge is -2.13. The van der Waals surface area contributed by atoms with Crippen LogP contribution in [0.25, 0.3) is 21.2 Å². The molecule has 0 unspecified atom stereocenters. The Bertz CT molecular complexity index is 1670. The fraction of sp³-hybridized carbons (Fsp3) is 0.0435. The van der Waals surface area contributed by atoms with Crippen LogP contribution in [0.3, 0.4) is 0 Å². The van der Waals surface area contributed by atoms with E-state index >= 15 is 0 Å². The van der Waals surface area contributed by atoms with Gasteiger partial charge in [-0.1, -0.05) is 35.6 Å². The average molecular weight is 474 g/mol. The Kier molecular flexibility index (Phi) is 5.22. The number of rotatable bonds is 5. The van der Waals surface area contributed by atoms with Crippen LogP contribution in [0.2, 0.25) is 0 Å². The van der Waals surface area contributed by atoms with Crippen molar-refractivity contribution in [1.29, 1.82) is 0 Å². The van der Waals surface area contributed by atoms with Gasteiger partial charge in [0.1, 0.15) is 16.1 Å². The highest BCUT2D eigenvalue weighted by Gasteiger charge is 2.25. The van der Waals surface area contributed by atoms with Gasteiger partial charge < -0.3 is 8.83 Å². The summed E-state index contributed by atoms with van der Waals surface area (Å²) < 4.78 is 11.2. The molecule has 34 heavy (non-hydrogen) atoms. The monoisotopic (exact) mass is 474 g/mol. The number of benzene rings is 2. The predicted molar refractivity (Wildman–Crippen MR) is 127 cm³/mol. The highest BCUT2D eigenvalue weighted by atomic mass is 32.1. The number of para-hydroxylation sites is 1. The number of nitro groups is 1. The molecule has 3 aromatic heterocycles. The number of anilines is 1. The molecule has 0 bridgehead atoms. The highest BCUT2D eigenvalue weighted by molar-refractivity contribution is 7.22. The Balaban J connectivity index is 1.61. The molecule has 0 aliphatic rings. The standard InChI is InChI=1S/C23H14N4O6S/c1-13-6-8-17-19(10-13)34-23(25-17)26(24-12-15-7-9-20(32-15)27(30)31)21(28)16-11-14-4-2-3-5-18(14)33-22(16)29/h2-12H,1H3/b24-12+. The van der Waals surface area contributed by atoms with E-state index in [9.17, 15) is 19.7 Å². The number of nitrogens with zero attached hydrogens (tertiary/aromatic N) is 4. The summed E-state index contributed by atoms with van der Waals surface area (Å²) >= 11 is 1.21. The van der Waals surface area contributed by atoms with Crippen LogP contribution < -0.4 is 10.6 Å². The number of carbonyl (C=O) groups excluding carboxylic acids is 1. The molecule has 0 saturated heterocycles. The molecule has 5 aromatic rings. The van der Waals surface area contributed by atoms with Crippen LogP contribution in [0.1, 0.15) is 21.7 Å². The number of furan rings is 1. The second kappa shape index (κ2) is 8.37. The van der Waals surface area contributed by atoms with Crippen molar-refractivity contribution in [1.82, 2.24) is 4.98 Å². The largest absolute Gasteiger partial charge is 0.433 e. The molecule has 5 rings (SSSR count). The summed E-state index contributed by atoms with van der Waals surface area (Å²) in [4.78, 5) is 40.8. The number of fused-ring (bicyclic) bond motifs is 2. The molecular weight excluding hydrogens is 460 g/mol. The van der Waals surface area contributed by atoms with Crippen molar-refractivity contribution >= 4 is 55.7 Å². The molecule has 1 amide bonds. The Hall–Kier alpha value is -4.64. The van der Waals surface area contributed by atoms with E-state index in [1.165, 1.54) is 29.5 Å². The van der Waals surface area contributed by atoms with Crippen molar-refractivity contribution in [3.8, 4) is 0 Å². The fourth-order valence-electron chi connectivity index (χ4n) is 3.25. The minimum absolute atomic E-state index is 0.0481. The molecule has 2 aromatic carbocycles. The molecular formula is C23H14N4O6S. The molecule has 10 nitrogen and oxygen atoms in total. The topological polar surface area (TPSA) is 132 Å². The third kappa shape index (κ3) is 3.95. The van der Waals surface area contributed by atoms with E-state index in [-0.39, 0.29) is 16.5 Å². The Morgan fingerprint density at radius 3 is 2.76 bits per heavy atom.